The quantitative estimate of drug-likeness (QED) is 0.745. The van der Waals surface area contributed by atoms with Crippen LogP contribution < -0.4 is 0 Å². The van der Waals surface area contributed by atoms with Crippen LogP contribution in [-0.2, 0) is 16.2 Å². The highest BCUT2D eigenvalue weighted by Gasteiger charge is 2.67. The van der Waals surface area contributed by atoms with Crippen LogP contribution in [0.2, 0.25) is 0 Å². The van der Waals surface area contributed by atoms with Crippen molar-refractivity contribution in [1.29, 1.82) is 0 Å². The van der Waals surface area contributed by atoms with E-state index < -0.39 is 0 Å². The lowest BCUT2D eigenvalue weighted by atomic mass is 9.78. The summed E-state index contributed by atoms with van der Waals surface area (Å²) in [6.45, 7) is 2.08. The molecule has 0 N–H and O–H groups in total. The predicted molar refractivity (Wildman–Crippen MR) is 83.0 cm³/mol. The second-order valence-corrected chi connectivity index (χ2v) is 8.07. The number of benzene rings is 1. The minimum atomic E-state index is -0.0212. The highest BCUT2D eigenvalue weighted by molar-refractivity contribution is 8.02. The Hall–Kier alpha value is -1.42. The van der Waals surface area contributed by atoms with Crippen LogP contribution >= 0.6 is 11.8 Å². The molecule has 0 radical (unpaired) electrons. The van der Waals surface area contributed by atoms with Gasteiger partial charge in [0.15, 0.2) is 0 Å². The first-order valence-corrected chi connectivity index (χ1v) is 8.81. The Morgan fingerprint density at radius 1 is 1.19 bits per heavy atom. The largest absolute Gasteiger partial charge is 0.341 e. The van der Waals surface area contributed by atoms with Crippen molar-refractivity contribution in [2.45, 2.75) is 35.9 Å². The average molecular weight is 296 g/mol. The first kappa shape index (κ1) is 11.2. The van der Waals surface area contributed by atoms with Crippen LogP contribution in [0.25, 0.3) is 10.9 Å². The zero-order valence-electron chi connectivity index (χ0n) is 11.7. The van der Waals surface area contributed by atoms with Crippen molar-refractivity contribution in [3.63, 3.8) is 0 Å². The van der Waals surface area contributed by atoms with Gasteiger partial charge in [0, 0.05) is 29.6 Å². The minimum absolute atomic E-state index is 0.0212. The summed E-state index contributed by atoms with van der Waals surface area (Å²) in [6, 6.07) is 8.68. The van der Waals surface area contributed by atoms with Crippen molar-refractivity contribution in [1.82, 2.24) is 9.47 Å². The highest BCUT2D eigenvalue weighted by atomic mass is 32.2. The molecule has 2 aromatic rings. The van der Waals surface area contributed by atoms with Crippen molar-refractivity contribution in [3.05, 3.63) is 35.5 Å². The summed E-state index contributed by atoms with van der Waals surface area (Å²) in [5, 5.41) is 1.38. The van der Waals surface area contributed by atoms with Gasteiger partial charge < -0.3 is 9.47 Å². The monoisotopic (exact) mass is 296 g/mol. The van der Waals surface area contributed by atoms with E-state index in [9.17, 15) is 4.79 Å². The van der Waals surface area contributed by atoms with Gasteiger partial charge in [-0.15, -0.1) is 11.8 Å². The summed E-state index contributed by atoms with van der Waals surface area (Å²) in [5.74, 6) is 1.03. The highest BCUT2D eigenvalue weighted by Crippen LogP contribution is 2.71. The van der Waals surface area contributed by atoms with Gasteiger partial charge in [-0.1, -0.05) is 18.2 Å². The van der Waals surface area contributed by atoms with Gasteiger partial charge in [0.25, 0.3) is 0 Å². The van der Waals surface area contributed by atoms with Gasteiger partial charge in [-0.2, -0.15) is 0 Å². The molecule has 3 nitrogen and oxygen atoms in total. The molecule has 3 atom stereocenters. The van der Waals surface area contributed by atoms with Gasteiger partial charge >= 0.3 is 0 Å². The topological polar surface area (TPSA) is 25.2 Å². The van der Waals surface area contributed by atoms with E-state index in [1.165, 1.54) is 41.4 Å². The predicted octanol–water partition coefficient (Wildman–Crippen LogP) is 3.24. The molecule has 1 unspecified atom stereocenters. The van der Waals surface area contributed by atoms with Crippen LogP contribution in [0.3, 0.4) is 0 Å². The smallest absolute Gasteiger partial charge is 0.241 e. The number of hydrogen-bond acceptors (Lipinski definition) is 2. The fourth-order valence-electron chi connectivity index (χ4n) is 5.28. The molecule has 1 aromatic heterocycles. The molecule has 2 saturated heterocycles. The number of piperidine rings is 1. The molecule has 5 heterocycles. The van der Waals surface area contributed by atoms with Crippen LogP contribution in [0.4, 0.5) is 0 Å². The Morgan fingerprint density at radius 3 is 3.05 bits per heavy atom. The molecule has 2 bridgehead atoms. The third kappa shape index (κ3) is 0.997. The molecule has 106 valence electrons. The van der Waals surface area contributed by atoms with Gasteiger partial charge in [-0.25, -0.2) is 0 Å². The van der Waals surface area contributed by atoms with E-state index in [-0.39, 0.29) is 10.1 Å². The molecular weight excluding hydrogens is 280 g/mol. The minimum Gasteiger partial charge on any atom is -0.341 e. The zero-order chi connectivity index (χ0) is 13.8. The van der Waals surface area contributed by atoms with Crippen LogP contribution in [0, 0.1) is 5.92 Å². The van der Waals surface area contributed by atoms with E-state index in [4.69, 9.17) is 0 Å². The van der Waals surface area contributed by atoms with Crippen molar-refractivity contribution in [2.75, 3.05) is 6.54 Å². The Morgan fingerprint density at radius 2 is 2.10 bits per heavy atom. The van der Waals surface area contributed by atoms with Crippen LogP contribution in [0.1, 0.15) is 35.8 Å². The number of hydrogen-bond donors (Lipinski definition) is 0. The van der Waals surface area contributed by atoms with E-state index >= 15 is 0 Å². The second kappa shape index (κ2) is 3.32. The third-order valence-corrected chi connectivity index (χ3v) is 7.77. The van der Waals surface area contributed by atoms with E-state index in [0.29, 0.717) is 11.8 Å². The molecule has 1 amide bonds. The summed E-state index contributed by atoms with van der Waals surface area (Å²) >= 11 is 1.95. The lowest BCUT2D eigenvalue weighted by Crippen LogP contribution is -2.55. The third-order valence-electron chi connectivity index (χ3n) is 5.99. The van der Waals surface area contributed by atoms with E-state index in [0.717, 1.165) is 13.1 Å². The summed E-state index contributed by atoms with van der Waals surface area (Å²) < 4.78 is 2.53. The number of aromatic nitrogens is 1. The number of amides is 1. The number of rotatable bonds is 0. The number of thioether (sulfide) groups is 1. The molecule has 1 aromatic carbocycles. The molecule has 0 saturated carbocycles. The molecule has 0 aliphatic carbocycles. The number of nitrogens with zero attached hydrogens (tertiary/aromatic N) is 2. The standard InChI is InChI=1S/C17H16N2OS/c20-16-14-13-11-5-1-2-6-12(11)18-9-7-10-4-3-8-19(16)17(10,21-14)15(13)18/h1-2,5-6,10,14H,3-4,7-9H2/t10?,14-,17+/m1/s1. The van der Waals surface area contributed by atoms with Crippen LogP contribution in [0.5, 0.6) is 0 Å². The summed E-state index contributed by atoms with van der Waals surface area (Å²) in [7, 11) is 0. The Bertz CT molecular complexity index is 826. The first-order valence-electron chi connectivity index (χ1n) is 7.93. The van der Waals surface area contributed by atoms with Crippen molar-refractivity contribution in [3.8, 4) is 0 Å². The Kier molecular flexibility index (Phi) is 1.77. The maximum Gasteiger partial charge on any atom is 0.241 e. The maximum absolute atomic E-state index is 12.9. The Labute approximate surface area is 127 Å². The molecule has 4 aliphatic rings. The van der Waals surface area contributed by atoms with Crippen molar-refractivity contribution >= 4 is 28.6 Å². The first-order chi connectivity index (χ1) is 10.3. The van der Waals surface area contributed by atoms with E-state index in [1.807, 2.05) is 11.8 Å². The second-order valence-electron chi connectivity index (χ2n) is 6.74. The summed E-state index contributed by atoms with van der Waals surface area (Å²) in [6.07, 6.45) is 3.68. The van der Waals surface area contributed by atoms with Crippen molar-refractivity contribution < 1.29 is 4.79 Å². The Balaban J connectivity index is 1.80. The number of para-hydroxylation sites is 1. The van der Waals surface area contributed by atoms with E-state index in [2.05, 4.69) is 33.7 Å². The lowest BCUT2D eigenvalue weighted by Gasteiger charge is -2.50. The number of aryl methyl sites for hydroxylation is 1. The number of carbonyl (C=O) groups is 1. The van der Waals surface area contributed by atoms with Crippen molar-refractivity contribution in [2.24, 2.45) is 5.92 Å². The van der Waals surface area contributed by atoms with Gasteiger partial charge in [0.2, 0.25) is 5.91 Å². The maximum atomic E-state index is 12.9. The summed E-state index contributed by atoms with van der Waals surface area (Å²) in [4.78, 5) is 15.1. The fraction of sp³-hybridized carbons (Fsp3) is 0.471. The number of fused-ring (bicyclic) bond motifs is 5. The van der Waals surface area contributed by atoms with Gasteiger partial charge in [0.1, 0.15) is 10.1 Å². The molecule has 4 heteroatoms. The molecule has 6 rings (SSSR count). The average Bonchev–Trinajstić information content (AvgIpc) is 3.13. The fourth-order valence-corrected chi connectivity index (χ4v) is 7.29. The molecule has 1 spiro atoms. The van der Waals surface area contributed by atoms with Gasteiger partial charge in [-0.05, 0) is 31.2 Å². The van der Waals surface area contributed by atoms with Crippen LogP contribution in [0.15, 0.2) is 24.3 Å². The zero-order valence-corrected chi connectivity index (χ0v) is 12.5. The molecular formula is C17H16N2OS. The molecule has 21 heavy (non-hydrogen) atoms. The van der Waals surface area contributed by atoms with Crippen LogP contribution in [-0.4, -0.2) is 21.9 Å². The number of carbonyl (C=O) groups excluding carboxylic acids is 1. The van der Waals surface area contributed by atoms with Gasteiger partial charge in [0.05, 0.1) is 5.69 Å². The molecule has 4 aliphatic heterocycles. The summed E-state index contributed by atoms with van der Waals surface area (Å²) in [5.41, 5.74) is 4.17. The van der Waals surface area contributed by atoms with E-state index in [1.54, 1.807) is 0 Å². The molecule has 2 fully saturated rings. The lowest BCUT2D eigenvalue weighted by molar-refractivity contribution is -0.138. The van der Waals surface area contributed by atoms with Gasteiger partial charge in [-0.3, -0.25) is 4.79 Å². The normalized spacial score (nSPS) is 35.6. The SMILES string of the molecule is O=C1[C@@H]2S[C@]34c5c2c2ccccc2n5CCC3CCCN14.